The number of aryl methyl sites for hydroxylation is 3. The van der Waals surface area contributed by atoms with Crippen molar-refractivity contribution in [3.63, 3.8) is 0 Å². The van der Waals surface area contributed by atoms with Crippen molar-refractivity contribution >= 4 is 11.9 Å². The highest BCUT2D eigenvalue weighted by molar-refractivity contribution is 5.78. The van der Waals surface area contributed by atoms with Gasteiger partial charge in [0.25, 0.3) is 0 Å². The van der Waals surface area contributed by atoms with Crippen LogP contribution in [0.4, 0.5) is 4.79 Å². The van der Waals surface area contributed by atoms with E-state index in [1.54, 1.807) is 7.05 Å². The van der Waals surface area contributed by atoms with Crippen LogP contribution in [0.2, 0.25) is 0 Å². The largest absolute Gasteiger partial charge is 0.359 e. The monoisotopic (exact) mass is 331 g/mol. The van der Waals surface area contributed by atoms with E-state index in [-0.39, 0.29) is 23.9 Å². The Morgan fingerprint density at radius 3 is 2.17 bits per heavy atom. The van der Waals surface area contributed by atoms with Gasteiger partial charge in [-0.2, -0.15) is 0 Å². The maximum Gasteiger partial charge on any atom is 0.315 e. The summed E-state index contributed by atoms with van der Waals surface area (Å²) >= 11 is 0. The summed E-state index contributed by atoms with van der Waals surface area (Å²) in [6, 6.07) is 4.31. The summed E-state index contributed by atoms with van der Waals surface area (Å²) in [5, 5.41) is 8.70. The lowest BCUT2D eigenvalue weighted by Gasteiger charge is -2.28. The molecule has 1 saturated carbocycles. The predicted octanol–water partition coefficient (Wildman–Crippen LogP) is 2.72. The average molecular weight is 331 g/mol. The molecule has 3 N–H and O–H groups in total. The Bertz CT molecular complexity index is 582. The maximum atomic E-state index is 12.1. The van der Waals surface area contributed by atoms with Crippen LogP contribution in [-0.4, -0.2) is 25.0 Å². The molecule has 132 valence electrons. The maximum absolute atomic E-state index is 12.1. The minimum absolute atomic E-state index is 0.0916. The molecule has 0 spiro atoms. The van der Waals surface area contributed by atoms with Gasteiger partial charge < -0.3 is 16.0 Å². The van der Waals surface area contributed by atoms with Gasteiger partial charge in [0.2, 0.25) is 5.91 Å². The zero-order valence-corrected chi connectivity index (χ0v) is 15.2. The number of rotatable bonds is 4. The molecule has 0 aromatic heterocycles. The molecular weight excluding hydrogens is 302 g/mol. The molecule has 2 rings (SSSR count). The molecule has 0 saturated heterocycles. The summed E-state index contributed by atoms with van der Waals surface area (Å²) in [5.41, 5.74) is 4.84. The normalized spacial score (nSPS) is 20.3. The number of hydrogen-bond donors (Lipinski definition) is 3. The molecule has 3 amide bonds. The molecule has 0 atom stereocenters. The first-order chi connectivity index (χ1) is 11.4. The summed E-state index contributed by atoms with van der Waals surface area (Å²) in [6.45, 7) is 6.78. The third-order valence-electron chi connectivity index (χ3n) is 4.95. The van der Waals surface area contributed by atoms with E-state index in [0.717, 1.165) is 25.7 Å². The second-order valence-electron chi connectivity index (χ2n) is 6.87. The lowest BCUT2D eigenvalue weighted by Crippen LogP contribution is -2.44. The SMILES string of the molecule is CNC(=O)C1CCC(NC(=O)NCc2c(C)cc(C)cc2C)CC1. The van der Waals surface area contributed by atoms with Crippen LogP contribution in [-0.2, 0) is 11.3 Å². The Labute approximate surface area is 144 Å². The van der Waals surface area contributed by atoms with Crippen molar-refractivity contribution in [1.29, 1.82) is 0 Å². The summed E-state index contributed by atoms with van der Waals surface area (Å²) in [4.78, 5) is 23.8. The Balaban J connectivity index is 1.80. The molecular formula is C19H29N3O2. The van der Waals surface area contributed by atoms with Crippen LogP contribution < -0.4 is 16.0 Å². The van der Waals surface area contributed by atoms with E-state index in [0.29, 0.717) is 6.54 Å². The summed E-state index contributed by atoms with van der Waals surface area (Å²) < 4.78 is 0. The number of urea groups is 1. The van der Waals surface area contributed by atoms with Crippen LogP contribution in [0, 0.1) is 26.7 Å². The summed E-state index contributed by atoms with van der Waals surface area (Å²) in [5.74, 6) is 0.206. The molecule has 24 heavy (non-hydrogen) atoms. The standard InChI is InChI=1S/C19H29N3O2/c1-12-9-13(2)17(14(3)10-12)11-21-19(24)22-16-7-5-15(6-8-16)18(23)20-4/h9-10,15-16H,5-8,11H2,1-4H3,(H,20,23)(H2,21,22,24). The van der Waals surface area contributed by atoms with Gasteiger partial charge in [0.15, 0.2) is 0 Å². The molecule has 1 fully saturated rings. The highest BCUT2D eigenvalue weighted by atomic mass is 16.2. The van der Waals surface area contributed by atoms with Gasteiger partial charge in [-0.3, -0.25) is 4.79 Å². The van der Waals surface area contributed by atoms with Crippen molar-refractivity contribution in [2.45, 2.75) is 59.0 Å². The molecule has 0 heterocycles. The molecule has 0 aliphatic heterocycles. The van der Waals surface area contributed by atoms with Crippen molar-refractivity contribution in [3.05, 3.63) is 34.4 Å². The van der Waals surface area contributed by atoms with Crippen molar-refractivity contribution in [2.24, 2.45) is 5.92 Å². The number of hydrogen-bond acceptors (Lipinski definition) is 2. The van der Waals surface area contributed by atoms with Gasteiger partial charge in [0.05, 0.1) is 0 Å². The smallest absolute Gasteiger partial charge is 0.315 e. The molecule has 1 aromatic rings. The van der Waals surface area contributed by atoms with E-state index in [1.807, 2.05) is 0 Å². The summed E-state index contributed by atoms with van der Waals surface area (Å²) in [6.07, 6.45) is 3.38. The molecule has 1 aliphatic rings. The third-order valence-corrected chi connectivity index (χ3v) is 4.95. The van der Waals surface area contributed by atoms with Gasteiger partial charge in [0, 0.05) is 25.6 Å². The number of carbonyl (C=O) groups excluding carboxylic acids is 2. The lowest BCUT2D eigenvalue weighted by atomic mass is 9.85. The van der Waals surface area contributed by atoms with Crippen LogP contribution in [0.25, 0.3) is 0 Å². The van der Waals surface area contributed by atoms with E-state index < -0.39 is 0 Å². The first kappa shape index (κ1) is 18.3. The third kappa shape index (κ3) is 4.73. The lowest BCUT2D eigenvalue weighted by molar-refractivity contribution is -0.125. The molecule has 5 heteroatoms. The van der Waals surface area contributed by atoms with Crippen LogP contribution in [0.3, 0.4) is 0 Å². The van der Waals surface area contributed by atoms with Crippen molar-refractivity contribution in [1.82, 2.24) is 16.0 Å². The molecule has 5 nitrogen and oxygen atoms in total. The number of carbonyl (C=O) groups is 2. The van der Waals surface area contributed by atoms with Crippen LogP contribution >= 0.6 is 0 Å². The Hall–Kier alpha value is -2.04. The Morgan fingerprint density at radius 2 is 1.62 bits per heavy atom. The Morgan fingerprint density at radius 1 is 1.04 bits per heavy atom. The van der Waals surface area contributed by atoms with E-state index in [2.05, 4.69) is 48.9 Å². The van der Waals surface area contributed by atoms with Crippen molar-refractivity contribution < 1.29 is 9.59 Å². The average Bonchev–Trinajstić information content (AvgIpc) is 2.53. The number of benzene rings is 1. The zero-order valence-electron chi connectivity index (χ0n) is 15.2. The molecule has 0 unspecified atom stereocenters. The fraction of sp³-hybridized carbons (Fsp3) is 0.579. The van der Waals surface area contributed by atoms with Gasteiger partial charge in [0.1, 0.15) is 0 Å². The molecule has 1 aliphatic carbocycles. The fourth-order valence-corrected chi connectivity index (χ4v) is 3.60. The van der Waals surface area contributed by atoms with Gasteiger partial charge in [-0.15, -0.1) is 0 Å². The van der Waals surface area contributed by atoms with E-state index in [1.165, 1.54) is 22.3 Å². The number of amides is 3. The van der Waals surface area contributed by atoms with E-state index in [9.17, 15) is 9.59 Å². The molecule has 0 bridgehead atoms. The second-order valence-corrected chi connectivity index (χ2v) is 6.87. The van der Waals surface area contributed by atoms with Gasteiger partial charge >= 0.3 is 6.03 Å². The van der Waals surface area contributed by atoms with Crippen molar-refractivity contribution in [3.8, 4) is 0 Å². The minimum Gasteiger partial charge on any atom is -0.359 e. The van der Waals surface area contributed by atoms with Crippen LogP contribution in [0.15, 0.2) is 12.1 Å². The predicted molar refractivity (Wildman–Crippen MR) is 95.8 cm³/mol. The molecule has 1 aromatic carbocycles. The first-order valence-electron chi connectivity index (χ1n) is 8.73. The second kappa shape index (κ2) is 8.18. The quantitative estimate of drug-likeness (QED) is 0.794. The summed E-state index contributed by atoms with van der Waals surface area (Å²) in [7, 11) is 1.68. The highest BCUT2D eigenvalue weighted by Crippen LogP contribution is 2.24. The topological polar surface area (TPSA) is 70.2 Å². The zero-order chi connectivity index (χ0) is 17.7. The minimum atomic E-state index is -0.127. The Kier molecular flexibility index (Phi) is 6.23. The molecule has 0 radical (unpaired) electrons. The number of nitrogens with one attached hydrogen (secondary N) is 3. The van der Waals surface area contributed by atoms with E-state index >= 15 is 0 Å². The highest BCUT2D eigenvalue weighted by Gasteiger charge is 2.26. The van der Waals surface area contributed by atoms with Crippen LogP contribution in [0.5, 0.6) is 0 Å². The first-order valence-corrected chi connectivity index (χ1v) is 8.73. The van der Waals surface area contributed by atoms with Gasteiger partial charge in [-0.05, 0) is 63.1 Å². The van der Waals surface area contributed by atoms with Crippen LogP contribution in [0.1, 0.15) is 47.9 Å². The fourth-order valence-electron chi connectivity index (χ4n) is 3.60. The van der Waals surface area contributed by atoms with Crippen molar-refractivity contribution in [2.75, 3.05) is 7.05 Å². The van der Waals surface area contributed by atoms with Gasteiger partial charge in [-0.1, -0.05) is 17.7 Å². The van der Waals surface area contributed by atoms with E-state index in [4.69, 9.17) is 0 Å². The van der Waals surface area contributed by atoms with Gasteiger partial charge in [-0.25, -0.2) is 4.79 Å².